The summed E-state index contributed by atoms with van der Waals surface area (Å²) < 4.78 is 0. The lowest BCUT2D eigenvalue weighted by molar-refractivity contribution is -0.127. The average Bonchev–Trinajstić information content (AvgIpc) is 2.59. The third kappa shape index (κ3) is 3.66. The van der Waals surface area contributed by atoms with Gasteiger partial charge in [-0.2, -0.15) is 0 Å². The predicted molar refractivity (Wildman–Crippen MR) is 64.2 cm³/mol. The normalized spacial score (nSPS) is 11.9. The van der Waals surface area contributed by atoms with Gasteiger partial charge >= 0.3 is 0 Å². The Morgan fingerprint density at radius 1 is 1.50 bits per heavy atom. The fourth-order valence-electron chi connectivity index (χ4n) is 1.28. The summed E-state index contributed by atoms with van der Waals surface area (Å²) in [5.41, 5.74) is 1.18. The number of hydrogen-bond donors (Lipinski definition) is 2. The third-order valence-electron chi connectivity index (χ3n) is 2.20. The first-order chi connectivity index (χ1) is 7.50. The molecule has 0 aliphatic heterocycles. The largest absolute Gasteiger partial charge is 0.349 e. The van der Waals surface area contributed by atoms with Gasteiger partial charge in [0, 0.05) is 11.8 Å². The summed E-state index contributed by atoms with van der Waals surface area (Å²) in [4.78, 5) is 23.5. The van der Waals surface area contributed by atoms with E-state index in [2.05, 4.69) is 10.6 Å². The quantitative estimate of drug-likeness (QED) is 0.830. The summed E-state index contributed by atoms with van der Waals surface area (Å²) in [5.74, 6) is -0.363. The molecule has 1 atom stereocenters. The van der Waals surface area contributed by atoms with Crippen molar-refractivity contribution in [1.29, 1.82) is 0 Å². The van der Waals surface area contributed by atoms with E-state index in [1.807, 2.05) is 18.4 Å². The van der Waals surface area contributed by atoms with E-state index < -0.39 is 6.04 Å². The second kappa shape index (κ2) is 5.65. The fraction of sp³-hybridized carbons (Fsp3) is 0.455. The molecule has 1 aromatic heterocycles. The van der Waals surface area contributed by atoms with Crippen LogP contribution in [0.4, 0.5) is 0 Å². The smallest absolute Gasteiger partial charge is 0.242 e. The van der Waals surface area contributed by atoms with E-state index in [1.54, 1.807) is 18.3 Å². The molecule has 0 aliphatic carbocycles. The molecule has 16 heavy (non-hydrogen) atoms. The zero-order valence-corrected chi connectivity index (χ0v) is 10.5. The second-order valence-corrected chi connectivity index (χ2v) is 4.67. The fourth-order valence-corrected chi connectivity index (χ4v) is 2.12. The number of carbonyl (C=O) groups excluding carboxylic acids is 2. The van der Waals surface area contributed by atoms with Crippen LogP contribution in [0.25, 0.3) is 0 Å². The lowest BCUT2D eigenvalue weighted by Gasteiger charge is -2.12. The van der Waals surface area contributed by atoms with Gasteiger partial charge in [-0.15, -0.1) is 11.3 Å². The molecule has 2 amide bonds. The highest BCUT2D eigenvalue weighted by Crippen LogP contribution is 2.14. The van der Waals surface area contributed by atoms with Crippen LogP contribution in [0.2, 0.25) is 0 Å². The maximum atomic E-state index is 11.6. The van der Waals surface area contributed by atoms with Gasteiger partial charge in [-0.25, -0.2) is 0 Å². The molecule has 0 spiro atoms. The number of amides is 2. The molecular formula is C11H16N2O2S. The van der Waals surface area contributed by atoms with Crippen molar-refractivity contribution >= 4 is 23.2 Å². The molecule has 1 rings (SSSR count). The summed E-state index contributed by atoms with van der Waals surface area (Å²) in [5, 5.41) is 7.32. The van der Waals surface area contributed by atoms with Gasteiger partial charge in [-0.3, -0.25) is 9.59 Å². The molecule has 0 saturated carbocycles. The number of nitrogens with one attached hydrogen (secondary N) is 2. The molecule has 4 nitrogen and oxygen atoms in total. The molecule has 2 N–H and O–H groups in total. The summed E-state index contributed by atoms with van der Waals surface area (Å²) in [6, 6.07) is 1.53. The monoisotopic (exact) mass is 240 g/mol. The first-order valence-electron chi connectivity index (χ1n) is 5.08. The SMILES string of the molecule is CC(=O)NC(C)C(=O)NCc1sccc1C. The molecule has 1 heterocycles. The molecule has 0 saturated heterocycles. The Labute approximate surface area is 99.0 Å². The van der Waals surface area contributed by atoms with Crippen LogP contribution in [0.15, 0.2) is 11.4 Å². The van der Waals surface area contributed by atoms with Gasteiger partial charge in [-0.1, -0.05) is 0 Å². The van der Waals surface area contributed by atoms with Gasteiger partial charge in [0.1, 0.15) is 6.04 Å². The van der Waals surface area contributed by atoms with E-state index in [0.29, 0.717) is 6.54 Å². The van der Waals surface area contributed by atoms with Crippen molar-refractivity contribution in [2.24, 2.45) is 0 Å². The molecule has 0 fully saturated rings. The van der Waals surface area contributed by atoms with Crippen molar-refractivity contribution in [3.05, 3.63) is 21.9 Å². The van der Waals surface area contributed by atoms with Crippen molar-refractivity contribution < 1.29 is 9.59 Å². The Kier molecular flexibility index (Phi) is 4.49. The lowest BCUT2D eigenvalue weighted by atomic mass is 10.2. The third-order valence-corrected chi connectivity index (χ3v) is 3.23. The molecule has 88 valence electrons. The summed E-state index contributed by atoms with van der Waals surface area (Å²) in [6.45, 7) is 5.59. The van der Waals surface area contributed by atoms with Crippen molar-refractivity contribution in [3.63, 3.8) is 0 Å². The van der Waals surface area contributed by atoms with E-state index in [1.165, 1.54) is 12.5 Å². The number of thiophene rings is 1. The van der Waals surface area contributed by atoms with Crippen LogP contribution in [0.3, 0.4) is 0 Å². The number of aryl methyl sites for hydroxylation is 1. The van der Waals surface area contributed by atoms with E-state index in [-0.39, 0.29) is 11.8 Å². The summed E-state index contributed by atoms with van der Waals surface area (Å²) in [6.07, 6.45) is 0. The Morgan fingerprint density at radius 2 is 2.19 bits per heavy atom. The minimum Gasteiger partial charge on any atom is -0.349 e. The van der Waals surface area contributed by atoms with Crippen molar-refractivity contribution in [1.82, 2.24) is 10.6 Å². The summed E-state index contributed by atoms with van der Waals surface area (Å²) in [7, 11) is 0. The molecule has 0 aliphatic rings. The molecular weight excluding hydrogens is 224 g/mol. The van der Waals surface area contributed by atoms with Crippen LogP contribution in [-0.4, -0.2) is 17.9 Å². The highest BCUT2D eigenvalue weighted by Gasteiger charge is 2.13. The van der Waals surface area contributed by atoms with Crippen LogP contribution in [0.1, 0.15) is 24.3 Å². The summed E-state index contributed by atoms with van der Waals surface area (Å²) >= 11 is 1.62. The van der Waals surface area contributed by atoms with Crippen LogP contribution in [-0.2, 0) is 16.1 Å². The van der Waals surface area contributed by atoms with Gasteiger partial charge in [-0.05, 0) is 30.9 Å². The van der Waals surface area contributed by atoms with E-state index in [4.69, 9.17) is 0 Å². The Morgan fingerprint density at radius 3 is 2.69 bits per heavy atom. The average molecular weight is 240 g/mol. The van der Waals surface area contributed by atoms with E-state index in [9.17, 15) is 9.59 Å². The molecule has 5 heteroatoms. The number of hydrogen-bond acceptors (Lipinski definition) is 3. The van der Waals surface area contributed by atoms with Gasteiger partial charge in [0.2, 0.25) is 11.8 Å². The van der Waals surface area contributed by atoms with Crippen molar-refractivity contribution in [2.45, 2.75) is 33.4 Å². The zero-order chi connectivity index (χ0) is 12.1. The van der Waals surface area contributed by atoms with Gasteiger partial charge in [0.15, 0.2) is 0 Å². The lowest BCUT2D eigenvalue weighted by Crippen LogP contribution is -2.43. The molecule has 0 aromatic carbocycles. The second-order valence-electron chi connectivity index (χ2n) is 3.67. The standard InChI is InChI=1S/C11H16N2O2S/c1-7-4-5-16-10(7)6-12-11(15)8(2)13-9(3)14/h4-5,8H,6H2,1-3H3,(H,12,15)(H,13,14). The highest BCUT2D eigenvalue weighted by molar-refractivity contribution is 7.10. The first-order valence-corrected chi connectivity index (χ1v) is 5.96. The Hall–Kier alpha value is -1.36. The minimum atomic E-state index is -0.488. The van der Waals surface area contributed by atoms with E-state index in [0.717, 1.165) is 4.88 Å². The number of carbonyl (C=O) groups is 2. The molecule has 0 bridgehead atoms. The Bertz CT molecular complexity index is 387. The van der Waals surface area contributed by atoms with Crippen LogP contribution in [0.5, 0.6) is 0 Å². The van der Waals surface area contributed by atoms with Crippen molar-refractivity contribution in [2.75, 3.05) is 0 Å². The van der Waals surface area contributed by atoms with Crippen molar-refractivity contribution in [3.8, 4) is 0 Å². The molecule has 1 aromatic rings. The number of rotatable bonds is 4. The molecule has 1 unspecified atom stereocenters. The van der Waals surface area contributed by atoms with Gasteiger partial charge in [0.25, 0.3) is 0 Å². The van der Waals surface area contributed by atoms with Crippen LogP contribution < -0.4 is 10.6 Å². The molecule has 0 radical (unpaired) electrons. The van der Waals surface area contributed by atoms with Crippen LogP contribution >= 0.6 is 11.3 Å². The van der Waals surface area contributed by atoms with Gasteiger partial charge < -0.3 is 10.6 Å². The van der Waals surface area contributed by atoms with Gasteiger partial charge in [0.05, 0.1) is 6.54 Å². The highest BCUT2D eigenvalue weighted by atomic mass is 32.1. The maximum Gasteiger partial charge on any atom is 0.242 e. The van der Waals surface area contributed by atoms with E-state index >= 15 is 0 Å². The Balaban J connectivity index is 2.41. The van der Waals surface area contributed by atoms with Crippen LogP contribution in [0, 0.1) is 6.92 Å². The predicted octanol–water partition coefficient (Wildman–Crippen LogP) is 1.20. The minimum absolute atomic E-state index is 0.164. The first kappa shape index (κ1) is 12.7. The zero-order valence-electron chi connectivity index (χ0n) is 9.66. The topological polar surface area (TPSA) is 58.2 Å². The maximum absolute atomic E-state index is 11.6.